The van der Waals surface area contributed by atoms with E-state index >= 15 is 0 Å². The molecule has 154 valence electrons. The second-order valence-corrected chi connectivity index (χ2v) is 7.90. The second kappa shape index (κ2) is 10.1. The van der Waals surface area contributed by atoms with E-state index in [1.807, 2.05) is 48.8 Å². The third-order valence-corrected chi connectivity index (χ3v) is 5.59. The number of carbonyl (C=O) groups excluding carboxylic acids is 1. The Balaban J connectivity index is 1.30. The predicted octanol–water partition coefficient (Wildman–Crippen LogP) is 4.50. The predicted molar refractivity (Wildman–Crippen MR) is 119 cm³/mol. The molecule has 0 aliphatic heterocycles. The normalized spacial score (nSPS) is 14.4. The van der Waals surface area contributed by atoms with Crippen molar-refractivity contribution in [1.82, 2.24) is 20.6 Å². The van der Waals surface area contributed by atoms with Gasteiger partial charge in [-0.05, 0) is 48.2 Å². The van der Waals surface area contributed by atoms with Crippen molar-refractivity contribution in [3.05, 3.63) is 83.8 Å². The Morgan fingerprint density at radius 2 is 1.67 bits per heavy atom. The van der Waals surface area contributed by atoms with Crippen LogP contribution in [0, 0.1) is 0 Å². The minimum absolute atomic E-state index is 0.0245. The lowest BCUT2D eigenvalue weighted by Gasteiger charge is -2.22. The van der Waals surface area contributed by atoms with E-state index in [0.29, 0.717) is 11.6 Å². The van der Waals surface area contributed by atoms with Crippen molar-refractivity contribution in [2.24, 2.45) is 0 Å². The molecule has 2 aromatic heterocycles. The van der Waals surface area contributed by atoms with Crippen LogP contribution in [0.4, 0.5) is 0 Å². The number of rotatable bonds is 7. The highest BCUT2D eigenvalue weighted by molar-refractivity contribution is 5.94. The molecule has 3 aromatic rings. The zero-order chi connectivity index (χ0) is 20.6. The van der Waals surface area contributed by atoms with Gasteiger partial charge in [0.05, 0.1) is 5.69 Å². The Morgan fingerprint density at radius 3 is 2.33 bits per heavy atom. The van der Waals surface area contributed by atoms with Crippen LogP contribution >= 0.6 is 0 Å². The molecule has 1 amide bonds. The average Bonchev–Trinajstić information content (AvgIpc) is 2.81. The molecular formula is C25H28N4O. The van der Waals surface area contributed by atoms with Crippen molar-refractivity contribution in [3.63, 3.8) is 0 Å². The maximum atomic E-state index is 12.5. The molecule has 2 heterocycles. The first-order valence-corrected chi connectivity index (χ1v) is 10.7. The van der Waals surface area contributed by atoms with E-state index in [-0.39, 0.29) is 5.91 Å². The molecule has 4 rings (SSSR count). The lowest BCUT2D eigenvalue weighted by molar-refractivity contribution is 0.0927. The van der Waals surface area contributed by atoms with Gasteiger partial charge in [-0.2, -0.15) is 0 Å². The maximum Gasteiger partial charge on any atom is 0.251 e. The fourth-order valence-electron chi connectivity index (χ4n) is 3.86. The van der Waals surface area contributed by atoms with Crippen molar-refractivity contribution in [2.75, 3.05) is 0 Å². The van der Waals surface area contributed by atoms with Gasteiger partial charge in [-0.15, -0.1) is 0 Å². The largest absolute Gasteiger partial charge is 0.349 e. The van der Waals surface area contributed by atoms with E-state index in [1.54, 1.807) is 6.20 Å². The number of amides is 1. The summed E-state index contributed by atoms with van der Waals surface area (Å²) in [7, 11) is 0. The Bertz CT molecular complexity index is 933. The van der Waals surface area contributed by atoms with Crippen LogP contribution in [-0.4, -0.2) is 21.9 Å². The third-order valence-electron chi connectivity index (χ3n) is 5.59. The Labute approximate surface area is 178 Å². The number of hydrogen-bond donors (Lipinski definition) is 2. The first kappa shape index (κ1) is 20.2. The molecule has 0 atom stereocenters. The summed E-state index contributed by atoms with van der Waals surface area (Å²) in [6.45, 7) is 1.53. The van der Waals surface area contributed by atoms with Crippen LogP contribution in [0.3, 0.4) is 0 Å². The smallest absolute Gasteiger partial charge is 0.251 e. The first-order valence-electron chi connectivity index (χ1n) is 10.7. The van der Waals surface area contributed by atoms with Crippen molar-refractivity contribution < 1.29 is 4.79 Å². The van der Waals surface area contributed by atoms with E-state index in [4.69, 9.17) is 0 Å². The van der Waals surface area contributed by atoms with Crippen molar-refractivity contribution >= 4 is 5.91 Å². The van der Waals surface area contributed by atoms with Crippen LogP contribution in [0.5, 0.6) is 0 Å². The summed E-state index contributed by atoms with van der Waals surface area (Å²) < 4.78 is 0. The summed E-state index contributed by atoms with van der Waals surface area (Å²) in [6, 6.07) is 16.2. The molecule has 1 aliphatic carbocycles. The van der Waals surface area contributed by atoms with E-state index in [2.05, 4.69) is 32.7 Å². The third kappa shape index (κ3) is 5.51. The number of benzene rings is 1. The van der Waals surface area contributed by atoms with Gasteiger partial charge in [-0.1, -0.05) is 43.5 Å². The summed E-state index contributed by atoms with van der Waals surface area (Å²) in [5.74, 6) is 0.0245. The van der Waals surface area contributed by atoms with Crippen molar-refractivity contribution in [2.45, 2.75) is 51.2 Å². The number of nitrogens with one attached hydrogen (secondary N) is 2. The van der Waals surface area contributed by atoms with Gasteiger partial charge < -0.3 is 10.6 Å². The fraction of sp³-hybridized carbons (Fsp3) is 0.320. The molecule has 1 fully saturated rings. The van der Waals surface area contributed by atoms with Gasteiger partial charge in [0.25, 0.3) is 5.91 Å². The summed E-state index contributed by atoms with van der Waals surface area (Å²) in [4.78, 5) is 21.2. The second-order valence-electron chi connectivity index (χ2n) is 7.90. The molecule has 5 nitrogen and oxygen atoms in total. The van der Waals surface area contributed by atoms with E-state index in [9.17, 15) is 4.79 Å². The SMILES string of the molecule is O=C(NC1CCCCC1)c1ccc(-c2ccc(CNCc3cccnc3)cn2)cc1. The highest BCUT2D eigenvalue weighted by Gasteiger charge is 2.16. The van der Waals surface area contributed by atoms with Gasteiger partial charge in [0, 0.05) is 48.8 Å². The topological polar surface area (TPSA) is 66.9 Å². The average molecular weight is 401 g/mol. The van der Waals surface area contributed by atoms with Crippen LogP contribution in [0.25, 0.3) is 11.3 Å². The minimum Gasteiger partial charge on any atom is -0.349 e. The first-order chi connectivity index (χ1) is 14.8. The fourth-order valence-corrected chi connectivity index (χ4v) is 3.86. The molecule has 0 unspecified atom stereocenters. The summed E-state index contributed by atoms with van der Waals surface area (Å²) in [5.41, 5.74) is 4.92. The van der Waals surface area contributed by atoms with Crippen molar-refractivity contribution in [3.8, 4) is 11.3 Å². The summed E-state index contributed by atoms with van der Waals surface area (Å²) >= 11 is 0. The number of pyridine rings is 2. The van der Waals surface area contributed by atoms with E-state index in [1.165, 1.54) is 19.3 Å². The molecule has 5 heteroatoms. The van der Waals surface area contributed by atoms with E-state index in [0.717, 1.165) is 48.3 Å². The van der Waals surface area contributed by atoms with Crippen LogP contribution in [0.2, 0.25) is 0 Å². The van der Waals surface area contributed by atoms with Gasteiger partial charge in [-0.25, -0.2) is 0 Å². The zero-order valence-electron chi connectivity index (χ0n) is 17.2. The minimum atomic E-state index is 0.0245. The Hall–Kier alpha value is -3.05. The van der Waals surface area contributed by atoms with Crippen LogP contribution in [0.15, 0.2) is 67.1 Å². The molecule has 1 saturated carbocycles. The quantitative estimate of drug-likeness (QED) is 0.613. The monoisotopic (exact) mass is 400 g/mol. The molecule has 30 heavy (non-hydrogen) atoms. The van der Waals surface area contributed by atoms with Crippen molar-refractivity contribution in [1.29, 1.82) is 0 Å². The highest BCUT2D eigenvalue weighted by Crippen LogP contribution is 2.20. The van der Waals surface area contributed by atoms with Gasteiger partial charge in [-0.3, -0.25) is 14.8 Å². The highest BCUT2D eigenvalue weighted by atomic mass is 16.1. The number of nitrogens with zero attached hydrogens (tertiary/aromatic N) is 2. The molecule has 2 N–H and O–H groups in total. The van der Waals surface area contributed by atoms with Gasteiger partial charge >= 0.3 is 0 Å². The summed E-state index contributed by atoms with van der Waals surface area (Å²) in [6.07, 6.45) is 11.4. The molecule has 0 saturated heterocycles. The zero-order valence-corrected chi connectivity index (χ0v) is 17.2. The lowest BCUT2D eigenvalue weighted by Crippen LogP contribution is -2.36. The van der Waals surface area contributed by atoms with Crippen LogP contribution in [-0.2, 0) is 13.1 Å². The molecule has 0 spiro atoms. The number of carbonyl (C=O) groups is 1. The molecular weight excluding hydrogens is 372 g/mol. The molecule has 1 aromatic carbocycles. The van der Waals surface area contributed by atoms with Crippen LogP contribution in [0.1, 0.15) is 53.6 Å². The lowest BCUT2D eigenvalue weighted by atomic mass is 9.95. The molecule has 1 aliphatic rings. The standard InChI is InChI=1S/C25H28N4O/c30-25(29-23-6-2-1-3-7-23)22-11-9-21(10-12-22)24-13-8-20(18-28-24)17-27-16-19-5-4-14-26-15-19/h4-5,8-15,18,23,27H,1-3,6-7,16-17H2,(H,29,30). The van der Waals surface area contributed by atoms with Gasteiger partial charge in [0.1, 0.15) is 0 Å². The Morgan fingerprint density at radius 1 is 0.900 bits per heavy atom. The maximum absolute atomic E-state index is 12.5. The van der Waals surface area contributed by atoms with Gasteiger partial charge in [0.15, 0.2) is 0 Å². The van der Waals surface area contributed by atoms with Gasteiger partial charge in [0.2, 0.25) is 0 Å². The van der Waals surface area contributed by atoms with E-state index < -0.39 is 0 Å². The molecule has 0 bridgehead atoms. The number of hydrogen-bond acceptors (Lipinski definition) is 4. The number of aromatic nitrogens is 2. The van der Waals surface area contributed by atoms with Crippen LogP contribution < -0.4 is 10.6 Å². The Kier molecular flexibility index (Phi) is 6.83. The molecule has 0 radical (unpaired) electrons. The summed E-state index contributed by atoms with van der Waals surface area (Å²) in [5, 5.41) is 6.57.